The van der Waals surface area contributed by atoms with Gasteiger partial charge in [-0.25, -0.2) is 13.2 Å². The van der Waals surface area contributed by atoms with Gasteiger partial charge in [0.25, 0.3) is 5.91 Å². The Kier molecular flexibility index (Phi) is 6.13. The number of carboxylic acids is 1. The van der Waals surface area contributed by atoms with E-state index in [2.05, 4.69) is 5.32 Å². The number of carbonyl (C=O) groups excluding carboxylic acids is 3. The van der Waals surface area contributed by atoms with Crippen molar-refractivity contribution in [1.29, 1.82) is 0 Å². The second-order valence-corrected chi connectivity index (χ2v) is 9.24. The van der Waals surface area contributed by atoms with Gasteiger partial charge in [0.05, 0.1) is 12.2 Å². The summed E-state index contributed by atoms with van der Waals surface area (Å²) in [7, 11) is -4.04. The zero-order chi connectivity index (χ0) is 22.9. The first-order valence-corrected chi connectivity index (χ1v) is 11.0. The lowest BCUT2D eigenvalue weighted by Gasteiger charge is -2.49. The fraction of sp³-hybridized carbons (Fsp3) is 0.368. The van der Waals surface area contributed by atoms with Crippen molar-refractivity contribution in [2.24, 2.45) is 5.73 Å². The van der Waals surface area contributed by atoms with Crippen LogP contribution in [0.25, 0.3) is 0 Å². The molecular formula is C19H21N3O8S. The monoisotopic (exact) mass is 451 g/mol. The van der Waals surface area contributed by atoms with Crippen molar-refractivity contribution >= 4 is 33.6 Å². The summed E-state index contributed by atoms with van der Waals surface area (Å²) in [6, 6.07) is 5.52. The van der Waals surface area contributed by atoms with E-state index < -0.39 is 63.1 Å². The van der Waals surface area contributed by atoms with E-state index in [0.717, 1.165) is 12.5 Å². The zero-order valence-electron chi connectivity index (χ0n) is 16.5. The highest BCUT2D eigenvalue weighted by Crippen LogP contribution is 2.36. The molecule has 0 aromatic heterocycles. The van der Waals surface area contributed by atoms with Gasteiger partial charge in [-0.2, -0.15) is 0 Å². The number of aliphatic carboxylic acids is 1. The third-order valence-electron chi connectivity index (χ3n) is 5.02. The number of fused-ring (bicyclic) bond motifs is 1. The van der Waals surface area contributed by atoms with E-state index in [1.54, 1.807) is 24.3 Å². The molecule has 0 radical (unpaired) electrons. The Morgan fingerprint density at radius 1 is 1.26 bits per heavy atom. The smallest absolute Gasteiger partial charge is 0.352 e. The van der Waals surface area contributed by atoms with Crippen LogP contribution < -0.4 is 11.1 Å². The van der Waals surface area contributed by atoms with E-state index in [4.69, 9.17) is 10.5 Å². The first-order valence-electron chi connectivity index (χ1n) is 9.26. The van der Waals surface area contributed by atoms with Crippen LogP contribution in [-0.4, -0.2) is 66.0 Å². The molecule has 2 heterocycles. The largest absolute Gasteiger partial charge is 0.477 e. The number of ether oxygens (including phenoxy) is 1. The molecule has 4 N–H and O–H groups in total. The first-order chi connectivity index (χ1) is 14.6. The molecule has 2 atom stereocenters. The van der Waals surface area contributed by atoms with Crippen molar-refractivity contribution in [2.75, 3.05) is 12.4 Å². The third-order valence-corrected chi connectivity index (χ3v) is 6.99. The van der Waals surface area contributed by atoms with E-state index in [1.165, 1.54) is 0 Å². The van der Waals surface area contributed by atoms with Gasteiger partial charge in [0.2, 0.25) is 5.91 Å². The molecule has 0 bridgehead atoms. The highest BCUT2D eigenvalue weighted by molar-refractivity contribution is 7.92. The van der Waals surface area contributed by atoms with Crippen LogP contribution in [0.3, 0.4) is 0 Å². The summed E-state index contributed by atoms with van der Waals surface area (Å²) >= 11 is 0. The normalized spacial score (nSPS) is 21.7. The van der Waals surface area contributed by atoms with E-state index in [0.29, 0.717) is 10.5 Å². The molecule has 166 valence electrons. The average molecular weight is 451 g/mol. The average Bonchev–Trinajstić information content (AvgIpc) is 2.69. The molecule has 0 aliphatic carbocycles. The number of rotatable bonds is 7. The highest BCUT2D eigenvalue weighted by atomic mass is 32.2. The van der Waals surface area contributed by atoms with Crippen LogP contribution in [0.15, 0.2) is 35.5 Å². The van der Waals surface area contributed by atoms with Crippen LogP contribution in [0.2, 0.25) is 0 Å². The SMILES string of the molecule is CC(=O)OCC1=C(C(=O)O)N2C(=O)[C@H](NC(=O)Cc3ccccc3CN)[C@@H]2S(=O)(=O)C1. The van der Waals surface area contributed by atoms with Crippen molar-refractivity contribution in [2.45, 2.75) is 31.3 Å². The number of carboxylic acid groups (broad SMARTS) is 1. The van der Waals surface area contributed by atoms with Gasteiger partial charge >= 0.3 is 11.9 Å². The van der Waals surface area contributed by atoms with Crippen molar-refractivity contribution in [3.8, 4) is 0 Å². The van der Waals surface area contributed by atoms with Crippen molar-refractivity contribution in [3.05, 3.63) is 46.7 Å². The van der Waals surface area contributed by atoms with Crippen LogP contribution in [0.5, 0.6) is 0 Å². The second kappa shape index (κ2) is 8.47. The molecule has 2 amide bonds. The number of nitrogens with two attached hydrogens (primary N) is 1. The minimum absolute atomic E-state index is 0.122. The molecule has 11 nitrogen and oxygen atoms in total. The second-order valence-electron chi connectivity index (χ2n) is 7.14. The van der Waals surface area contributed by atoms with E-state index in [-0.39, 0.29) is 18.5 Å². The van der Waals surface area contributed by atoms with Gasteiger partial charge < -0.3 is 20.9 Å². The number of benzene rings is 1. The fourth-order valence-corrected chi connectivity index (χ4v) is 5.66. The number of amides is 2. The summed E-state index contributed by atoms with van der Waals surface area (Å²) in [5, 5.41) is 10.4. The minimum atomic E-state index is -4.04. The van der Waals surface area contributed by atoms with E-state index in [9.17, 15) is 32.7 Å². The van der Waals surface area contributed by atoms with Gasteiger partial charge in [-0.05, 0) is 11.1 Å². The van der Waals surface area contributed by atoms with Crippen molar-refractivity contribution in [3.63, 3.8) is 0 Å². The number of hydrogen-bond donors (Lipinski definition) is 3. The lowest BCUT2D eigenvalue weighted by atomic mass is 10.0. The molecule has 1 aromatic carbocycles. The van der Waals surface area contributed by atoms with E-state index in [1.807, 2.05) is 0 Å². The first kappa shape index (κ1) is 22.4. The molecule has 1 fully saturated rings. The van der Waals surface area contributed by atoms with Gasteiger partial charge in [0, 0.05) is 19.0 Å². The molecule has 31 heavy (non-hydrogen) atoms. The number of carbonyl (C=O) groups is 4. The van der Waals surface area contributed by atoms with Crippen LogP contribution in [0, 0.1) is 0 Å². The van der Waals surface area contributed by atoms with Crippen LogP contribution in [-0.2, 0) is 46.7 Å². The van der Waals surface area contributed by atoms with Crippen LogP contribution in [0.1, 0.15) is 18.1 Å². The summed E-state index contributed by atoms with van der Waals surface area (Å²) in [5.74, 6) is -4.43. The number of nitrogens with zero attached hydrogens (tertiary/aromatic N) is 1. The summed E-state index contributed by atoms with van der Waals surface area (Å²) < 4.78 is 30.2. The lowest BCUT2D eigenvalue weighted by molar-refractivity contribution is -0.151. The Morgan fingerprint density at radius 3 is 2.48 bits per heavy atom. The maximum atomic E-state index is 12.7. The fourth-order valence-electron chi connectivity index (χ4n) is 3.65. The number of esters is 1. The number of hydrogen-bond acceptors (Lipinski definition) is 8. The predicted octanol–water partition coefficient (Wildman–Crippen LogP) is -1.33. The molecule has 2 aliphatic rings. The van der Waals surface area contributed by atoms with Gasteiger partial charge in [-0.3, -0.25) is 19.3 Å². The quantitative estimate of drug-likeness (QED) is 0.335. The van der Waals surface area contributed by atoms with Crippen molar-refractivity contribution < 1.29 is 37.4 Å². The summed E-state index contributed by atoms with van der Waals surface area (Å²) in [6.45, 7) is 0.721. The highest BCUT2D eigenvalue weighted by Gasteiger charge is 2.60. The molecule has 1 aromatic rings. The van der Waals surface area contributed by atoms with Crippen LogP contribution >= 0.6 is 0 Å². The Hall–Kier alpha value is -3.25. The Labute approximate surface area is 177 Å². The number of nitrogens with one attached hydrogen (secondary N) is 1. The standard InChI is InChI=1S/C19H21N3O8S/c1-10(23)30-8-13-9-31(28,29)18-15(17(25)22(18)16(13)19(26)27)21-14(24)6-11-4-2-3-5-12(11)7-20/h2-5,15,18H,6-9,20H2,1H3,(H,21,24)(H,26,27)/t15-,18-/m0/s1. The van der Waals surface area contributed by atoms with Crippen molar-refractivity contribution in [1.82, 2.24) is 10.2 Å². The van der Waals surface area contributed by atoms with E-state index >= 15 is 0 Å². The molecule has 3 rings (SSSR count). The maximum absolute atomic E-state index is 12.7. The summed E-state index contributed by atoms with van der Waals surface area (Å²) in [4.78, 5) is 48.5. The minimum Gasteiger partial charge on any atom is -0.477 e. The Bertz CT molecular complexity index is 1100. The Balaban J connectivity index is 1.83. The number of β-lactam (4-membered cyclic amide) rings is 1. The Morgan fingerprint density at radius 2 is 1.90 bits per heavy atom. The molecular weight excluding hydrogens is 430 g/mol. The third kappa shape index (κ3) is 4.30. The zero-order valence-corrected chi connectivity index (χ0v) is 17.3. The molecule has 2 aliphatic heterocycles. The molecule has 1 saturated heterocycles. The molecule has 0 spiro atoms. The van der Waals surface area contributed by atoms with Gasteiger partial charge in [0.15, 0.2) is 15.2 Å². The van der Waals surface area contributed by atoms with Crippen LogP contribution in [0.4, 0.5) is 0 Å². The van der Waals surface area contributed by atoms with Gasteiger partial charge in [-0.1, -0.05) is 24.3 Å². The topological polar surface area (TPSA) is 173 Å². The predicted molar refractivity (Wildman–Crippen MR) is 106 cm³/mol. The lowest BCUT2D eigenvalue weighted by Crippen LogP contribution is -2.75. The molecule has 0 unspecified atom stereocenters. The molecule has 12 heteroatoms. The molecule has 0 saturated carbocycles. The van der Waals surface area contributed by atoms with Gasteiger partial charge in [0.1, 0.15) is 18.3 Å². The maximum Gasteiger partial charge on any atom is 0.352 e. The van der Waals surface area contributed by atoms with Gasteiger partial charge in [-0.15, -0.1) is 0 Å². The number of sulfone groups is 1. The summed E-state index contributed by atoms with van der Waals surface area (Å²) in [6.07, 6.45) is -0.122. The summed E-state index contributed by atoms with van der Waals surface area (Å²) in [5.41, 5.74) is 6.25.